The van der Waals surface area contributed by atoms with E-state index in [0.717, 1.165) is 0 Å². The van der Waals surface area contributed by atoms with Crippen molar-refractivity contribution in [2.45, 2.75) is 28.8 Å². The van der Waals surface area contributed by atoms with Crippen LogP contribution in [0.15, 0.2) is 62.7 Å². The fourth-order valence-electron chi connectivity index (χ4n) is 4.73. The van der Waals surface area contributed by atoms with Gasteiger partial charge in [0, 0.05) is 48.2 Å². The van der Waals surface area contributed by atoms with E-state index in [9.17, 15) is 48.7 Å². The minimum atomic E-state index is -5.19. The molecular weight excluding hydrogens is 713 g/mol. The number of nitrogens with two attached hydrogens (primary N) is 2. The summed E-state index contributed by atoms with van der Waals surface area (Å²) in [7, 11) is -8.53. The van der Waals surface area contributed by atoms with Crippen molar-refractivity contribution < 1.29 is 68.4 Å². The van der Waals surface area contributed by atoms with E-state index in [2.05, 4.69) is 11.2 Å². The molecule has 2 aromatic rings. The number of amides is 2. The number of terminal acetylenes is 1. The average molecular weight is 741 g/mol. The second-order valence-corrected chi connectivity index (χ2v) is 13.0. The Morgan fingerprint density at radius 2 is 1.62 bits per heavy atom. The second kappa shape index (κ2) is 15.0. The number of benzene rings is 3. The number of anilines is 1. The molecule has 0 saturated carbocycles. The van der Waals surface area contributed by atoms with Gasteiger partial charge in [-0.1, -0.05) is 24.1 Å². The number of alkyl halides is 3. The molecule has 0 bridgehead atoms. The van der Waals surface area contributed by atoms with Crippen molar-refractivity contribution in [3.63, 3.8) is 0 Å². The molecule has 1 heterocycles. The molecule has 50 heavy (non-hydrogen) atoms. The molecule has 20 heteroatoms. The number of fused-ring (bicyclic) bond motifs is 2. The summed E-state index contributed by atoms with van der Waals surface area (Å²) < 4.78 is 107. The number of carbonyl (C=O) groups is 3. The summed E-state index contributed by atoms with van der Waals surface area (Å²) in [5.74, 6) is -1.98. The van der Waals surface area contributed by atoms with E-state index in [1.54, 1.807) is 18.2 Å². The van der Waals surface area contributed by atoms with Crippen molar-refractivity contribution in [2.75, 3.05) is 25.9 Å². The van der Waals surface area contributed by atoms with Crippen LogP contribution in [0.4, 0.5) is 18.9 Å². The Labute approximate surface area is 281 Å². The van der Waals surface area contributed by atoms with Gasteiger partial charge in [0.15, 0.2) is 16.2 Å². The highest BCUT2D eigenvalue weighted by Gasteiger charge is 2.33. The second-order valence-electron chi connectivity index (χ2n) is 10.3. The first-order valence-electron chi connectivity index (χ1n) is 13.8. The normalized spacial score (nSPS) is 11.7. The van der Waals surface area contributed by atoms with E-state index >= 15 is 0 Å². The zero-order valence-electron chi connectivity index (χ0n) is 25.6. The Morgan fingerprint density at radius 3 is 2.18 bits per heavy atom. The molecule has 0 radical (unpaired) electrons. The Bertz CT molecular complexity index is 2280. The number of rotatable bonds is 9. The fraction of sp³-hybridized carbons (Fsp3) is 0.200. The number of carbonyl (C=O) groups excluding carboxylic acids is 3. The van der Waals surface area contributed by atoms with Gasteiger partial charge >= 0.3 is 16.3 Å². The van der Waals surface area contributed by atoms with E-state index in [1.165, 1.54) is 42.3 Å². The third kappa shape index (κ3) is 8.75. The van der Waals surface area contributed by atoms with Crippen LogP contribution in [0.25, 0.3) is 33.4 Å². The summed E-state index contributed by atoms with van der Waals surface area (Å²) in [6.07, 6.45) is 0.394. The van der Waals surface area contributed by atoms with Crippen LogP contribution in [0.1, 0.15) is 23.2 Å². The Balaban J connectivity index is 0.000000872. The molecule has 2 aromatic carbocycles. The van der Waals surface area contributed by atoms with Crippen molar-refractivity contribution in [1.82, 2.24) is 10.2 Å². The third-order valence-electron chi connectivity index (χ3n) is 6.83. The van der Waals surface area contributed by atoms with Crippen molar-refractivity contribution in [3.05, 3.63) is 59.5 Å². The van der Waals surface area contributed by atoms with Crippen LogP contribution in [0.5, 0.6) is 0 Å². The Morgan fingerprint density at radius 1 is 1.02 bits per heavy atom. The minimum absolute atomic E-state index is 0.0495. The highest BCUT2D eigenvalue weighted by molar-refractivity contribution is 7.86. The zero-order valence-corrected chi connectivity index (χ0v) is 27.3. The van der Waals surface area contributed by atoms with Crippen LogP contribution in [-0.2, 0) is 29.8 Å². The fourth-order valence-corrected chi connectivity index (χ4v) is 6.23. The largest absolute Gasteiger partial charge is 0.542 e. The van der Waals surface area contributed by atoms with Crippen molar-refractivity contribution >= 4 is 54.7 Å². The highest BCUT2D eigenvalue weighted by atomic mass is 32.2. The van der Waals surface area contributed by atoms with E-state index < -0.39 is 70.5 Å². The van der Waals surface area contributed by atoms with Crippen molar-refractivity contribution in [1.29, 1.82) is 0 Å². The number of carboxylic acid groups (broad SMARTS) is 1. The van der Waals surface area contributed by atoms with E-state index in [0.29, 0.717) is 6.42 Å². The maximum absolute atomic E-state index is 13.7. The molecule has 4 rings (SSSR count). The maximum atomic E-state index is 13.7. The molecule has 1 aliphatic heterocycles. The van der Waals surface area contributed by atoms with Gasteiger partial charge in [0.25, 0.3) is 16.0 Å². The third-order valence-corrected chi connectivity index (χ3v) is 8.71. The first-order valence-corrected chi connectivity index (χ1v) is 16.7. The monoisotopic (exact) mass is 740 g/mol. The minimum Gasteiger partial charge on any atom is -0.542 e. The lowest BCUT2D eigenvalue weighted by molar-refractivity contribution is -0.344. The van der Waals surface area contributed by atoms with Gasteiger partial charge in [-0.15, -0.1) is 6.42 Å². The summed E-state index contributed by atoms with van der Waals surface area (Å²) in [6, 6.07) is 11.5. The summed E-state index contributed by atoms with van der Waals surface area (Å²) in [5.41, 5.74) is 5.49. The molecule has 0 unspecified atom stereocenters. The standard InChI is InChI=1S/C28H26N4O9S2.C2HF3O2/c1-3-14-31-22(33)9-6-15-32(2)28(34)17-8-5-4-7-16(17)23-18-10-12-20(29)26(42(35,36)37)24(18)41-25-19(23)11-13-21(30)27(25)43(38,39)40;3-2(4,5)1(6)7/h1,4-5,7-8,10-13,29H,6,9,14-15,30H2,2H3,(H,31,33)(H,35,36,37)(H,38,39,40);(H,6,7). The van der Waals surface area contributed by atoms with Crippen LogP contribution >= 0.6 is 0 Å². The number of nitrogens with one attached hydrogen (secondary N) is 1. The number of aliphatic carboxylic acids is 1. The molecule has 0 atom stereocenters. The van der Waals surface area contributed by atoms with Gasteiger partial charge in [0.1, 0.15) is 5.97 Å². The van der Waals surface area contributed by atoms with Crippen LogP contribution in [0.2, 0.25) is 0 Å². The van der Waals surface area contributed by atoms with Gasteiger partial charge in [-0.3, -0.25) is 24.1 Å². The molecule has 2 aliphatic rings. The van der Waals surface area contributed by atoms with Gasteiger partial charge < -0.3 is 30.3 Å². The Kier molecular flexibility index (Phi) is 11.7. The van der Waals surface area contributed by atoms with Gasteiger partial charge in [-0.25, -0.2) is 0 Å². The highest BCUT2D eigenvalue weighted by Crippen LogP contribution is 2.45. The summed E-state index contributed by atoms with van der Waals surface area (Å²) in [6.45, 7) is 0.275. The summed E-state index contributed by atoms with van der Waals surface area (Å²) >= 11 is 0. The van der Waals surface area contributed by atoms with Crippen molar-refractivity contribution in [2.24, 2.45) is 0 Å². The topological polar surface area (TPSA) is 263 Å². The molecule has 0 saturated heterocycles. The lowest BCUT2D eigenvalue weighted by atomic mass is 9.90. The van der Waals surface area contributed by atoms with E-state index in [4.69, 9.17) is 31.9 Å². The van der Waals surface area contributed by atoms with Gasteiger partial charge in [0.05, 0.1) is 12.2 Å². The van der Waals surface area contributed by atoms with Gasteiger partial charge in [-0.2, -0.15) is 30.0 Å². The number of halogens is 3. The van der Waals surface area contributed by atoms with Crippen LogP contribution < -0.4 is 26.9 Å². The smallest absolute Gasteiger partial charge is 0.430 e. The number of hydrogen-bond donors (Lipinski definition) is 5. The average Bonchev–Trinajstić information content (AvgIpc) is 3.00. The number of carboxylic acids is 1. The molecule has 266 valence electrons. The van der Waals surface area contributed by atoms with Crippen LogP contribution in [-0.4, -0.2) is 74.9 Å². The van der Waals surface area contributed by atoms with E-state index in [-0.39, 0.29) is 53.1 Å². The maximum Gasteiger partial charge on any atom is 0.430 e. The number of nitrogen functional groups attached to an aromatic ring is 1. The molecule has 2 amide bonds. The van der Waals surface area contributed by atoms with Crippen molar-refractivity contribution in [3.8, 4) is 34.8 Å². The zero-order chi connectivity index (χ0) is 37.8. The molecule has 15 nitrogen and oxygen atoms in total. The molecule has 0 spiro atoms. The molecular formula is C30H27F3N4O11S2. The number of hydrogen-bond acceptors (Lipinski definition) is 10. The summed E-state index contributed by atoms with van der Waals surface area (Å²) in [4.78, 5) is 34.1. The predicted molar refractivity (Wildman–Crippen MR) is 166 cm³/mol. The molecule has 7 N–H and O–H groups in total. The lowest BCUT2D eigenvalue weighted by Gasteiger charge is -2.22. The Hall–Kier alpha value is -5.49. The van der Waals surface area contributed by atoms with E-state index in [1.807, 2.05) is 0 Å². The molecule has 1 aliphatic carbocycles. The lowest BCUT2D eigenvalue weighted by Crippen LogP contribution is -2.47. The predicted octanol–water partition coefficient (Wildman–Crippen LogP) is -0.160. The summed E-state index contributed by atoms with van der Waals surface area (Å²) in [5, 5.41) is 16.9. The SMILES string of the molecule is C#CCNC(=O)CCCN(C)C(=O)c1ccccc1-c1c2ccc(=[NH2+])c(S(=O)(=O)O)c-2oc2c(S(=O)(=O)O)c(N)ccc12.O=C([O-])C(F)(F)F. The quantitative estimate of drug-likeness (QED) is 0.0649. The van der Waals surface area contributed by atoms with Gasteiger partial charge in [0.2, 0.25) is 16.2 Å². The molecule has 0 aromatic heterocycles. The first kappa shape index (κ1) is 39.0. The molecule has 0 fully saturated rings. The number of nitrogens with zero attached hydrogens (tertiary/aromatic N) is 1. The first-order chi connectivity index (χ1) is 23.1. The van der Waals surface area contributed by atoms with Gasteiger partial charge in [-0.05, 0) is 36.2 Å². The van der Waals surface area contributed by atoms with Crippen LogP contribution in [0.3, 0.4) is 0 Å². The van der Waals surface area contributed by atoms with Crippen LogP contribution in [0, 0.1) is 12.3 Å².